The van der Waals surface area contributed by atoms with Crippen molar-refractivity contribution in [2.75, 3.05) is 13.2 Å². The molecule has 0 aromatic carbocycles. The van der Waals surface area contributed by atoms with Gasteiger partial charge in [0.05, 0.1) is 12.5 Å². The van der Waals surface area contributed by atoms with Crippen molar-refractivity contribution in [3.05, 3.63) is 0 Å². The predicted molar refractivity (Wildman–Crippen MR) is 64.0 cm³/mol. The smallest absolute Gasteiger partial charge is 0.222 e. The predicted octanol–water partition coefficient (Wildman–Crippen LogP) is 1.05. The Morgan fingerprint density at radius 2 is 2.31 bits per heavy atom. The van der Waals surface area contributed by atoms with Crippen LogP contribution in [0.25, 0.3) is 0 Å². The van der Waals surface area contributed by atoms with Gasteiger partial charge in [-0.05, 0) is 31.7 Å². The summed E-state index contributed by atoms with van der Waals surface area (Å²) in [4.78, 5) is 11.8. The zero-order valence-electron chi connectivity index (χ0n) is 10.4. The number of nitrogens with one attached hydrogen (secondary N) is 1. The average molecular weight is 228 g/mol. The third kappa shape index (κ3) is 4.49. The van der Waals surface area contributed by atoms with E-state index < -0.39 is 0 Å². The second-order valence-corrected chi connectivity index (χ2v) is 4.83. The summed E-state index contributed by atoms with van der Waals surface area (Å²) in [6.45, 7) is 5.62. The van der Waals surface area contributed by atoms with Gasteiger partial charge in [0.15, 0.2) is 0 Å². The monoisotopic (exact) mass is 228 g/mol. The molecule has 0 radical (unpaired) electrons. The first-order chi connectivity index (χ1) is 7.63. The van der Waals surface area contributed by atoms with Crippen LogP contribution in [0.4, 0.5) is 0 Å². The fourth-order valence-corrected chi connectivity index (χ4v) is 2.03. The van der Waals surface area contributed by atoms with Crippen molar-refractivity contribution in [3.8, 4) is 0 Å². The zero-order valence-corrected chi connectivity index (χ0v) is 10.4. The van der Waals surface area contributed by atoms with E-state index in [0.29, 0.717) is 18.9 Å². The molecule has 1 aliphatic heterocycles. The van der Waals surface area contributed by atoms with Crippen LogP contribution in [0.5, 0.6) is 0 Å². The highest BCUT2D eigenvalue weighted by Gasteiger charge is 2.21. The molecule has 0 aromatic heterocycles. The van der Waals surface area contributed by atoms with E-state index in [1.807, 2.05) is 0 Å². The lowest BCUT2D eigenvalue weighted by Gasteiger charge is -2.22. The number of hydrogen-bond acceptors (Lipinski definition) is 3. The molecule has 1 fully saturated rings. The highest BCUT2D eigenvalue weighted by atomic mass is 16.5. The molecule has 1 saturated heterocycles. The third-order valence-corrected chi connectivity index (χ3v) is 3.07. The Balaban J connectivity index is 2.29. The van der Waals surface area contributed by atoms with Crippen molar-refractivity contribution < 1.29 is 9.53 Å². The van der Waals surface area contributed by atoms with E-state index in [0.717, 1.165) is 25.9 Å². The number of hydrogen-bond donors (Lipinski definition) is 2. The molecule has 16 heavy (non-hydrogen) atoms. The topological polar surface area (TPSA) is 64.3 Å². The first-order valence-corrected chi connectivity index (χ1v) is 6.24. The average Bonchev–Trinajstić information content (AvgIpc) is 2.69. The van der Waals surface area contributed by atoms with Gasteiger partial charge in [0.25, 0.3) is 0 Å². The quantitative estimate of drug-likeness (QED) is 0.714. The van der Waals surface area contributed by atoms with Gasteiger partial charge in [0.2, 0.25) is 5.91 Å². The van der Waals surface area contributed by atoms with E-state index in [-0.39, 0.29) is 18.1 Å². The number of ether oxygens (including phenoxy) is 1. The summed E-state index contributed by atoms with van der Waals surface area (Å²) in [7, 11) is 0. The molecule has 1 rings (SSSR count). The normalized spacial score (nSPS) is 22.4. The van der Waals surface area contributed by atoms with Gasteiger partial charge in [-0.3, -0.25) is 4.79 Å². The van der Waals surface area contributed by atoms with Gasteiger partial charge in [0, 0.05) is 12.6 Å². The maximum Gasteiger partial charge on any atom is 0.222 e. The first kappa shape index (κ1) is 13.5. The third-order valence-electron chi connectivity index (χ3n) is 3.07. The van der Waals surface area contributed by atoms with Crippen molar-refractivity contribution in [3.63, 3.8) is 0 Å². The molecule has 0 spiro atoms. The highest BCUT2D eigenvalue weighted by molar-refractivity contribution is 5.76. The second-order valence-electron chi connectivity index (χ2n) is 4.83. The van der Waals surface area contributed by atoms with Crippen LogP contribution < -0.4 is 11.1 Å². The summed E-state index contributed by atoms with van der Waals surface area (Å²) < 4.78 is 5.44. The van der Waals surface area contributed by atoms with Gasteiger partial charge in [-0.15, -0.1) is 0 Å². The number of carbonyl (C=O) groups excluding carboxylic acids is 1. The van der Waals surface area contributed by atoms with Gasteiger partial charge < -0.3 is 15.8 Å². The summed E-state index contributed by atoms with van der Waals surface area (Å²) in [6, 6.07) is 0.193. The minimum absolute atomic E-state index is 0.0963. The molecule has 1 amide bonds. The number of amides is 1. The molecule has 1 heterocycles. The summed E-state index contributed by atoms with van der Waals surface area (Å²) in [5.41, 5.74) is 5.53. The SMILES string of the molecule is CC(C)C(CCN)NC(=O)CC1CCCO1. The molecule has 0 saturated carbocycles. The largest absolute Gasteiger partial charge is 0.378 e. The van der Waals surface area contributed by atoms with Crippen LogP contribution in [-0.4, -0.2) is 31.2 Å². The minimum Gasteiger partial charge on any atom is -0.378 e. The number of rotatable bonds is 6. The molecule has 4 heteroatoms. The maximum atomic E-state index is 11.8. The van der Waals surface area contributed by atoms with Crippen molar-refractivity contribution in [1.82, 2.24) is 5.32 Å². The Morgan fingerprint density at radius 1 is 1.56 bits per heavy atom. The lowest BCUT2D eigenvalue weighted by Crippen LogP contribution is -2.41. The Bertz CT molecular complexity index is 213. The van der Waals surface area contributed by atoms with Crippen molar-refractivity contribution >= 4 is 5.91 Å². The van der Waals surface area contributed by atoms with Crippen LogP contribution in [0.1, 0.15) is 39.5 Å². The van der Waals surface area contributed by atoms with Crippen molar-refractivity contribution in [2.24, 2.45) is 11.7 Å². The molecule has 1 aliphatic rings. The standard InChI is InChI=1S/C12H24N2O2/c1-9(2)11(5-6-13)14-12(15)8-10-4-3-7-16-10/h9-11H,3-8,13H2,1-2H3,(H,14,15). The van der Waals surface area contributed by atoms with Gasteiger partial charge >= 0.3 is 0 Å². The van der Waals surface area contributed by atoms with E-state index >= 15 is 0 Å². The summed E-state index contributed by atoms with van der Waals surface area (Å²) in [5.74, 6) is 0.524. The molecule has 0 bridgehead atoms. The van der Waals surface area contributed by atoms with Crippen molar-refractivity contribution in [1.29, 1.82) is 0 Å². The highest BCUT2D eigenvalue weighted by Crippen LogP contribution is 2.15. The maximum absolute atomic E-state index is 11.8. The van der Waals surface area contributed by atoms with Crippen LogP contribution in [0.2, 0.25) is 0 Å². The van der Waals surface area contributed by atoms with Crippen molar-refractivity contribution in [2.45, 2.75) is 51.7 Å². The lowest BCUT2D eigenvalue weighted by molar-refractivity contribution is -0.124. The van der Waals surface area contributed by atoms with Gasteiger partial charge in [-0.2, -0.15) is 0 Å². The molecule has 3 N–H and O–H groups in total. The van der Waals surface area contributed by atoms with E-state index in [1.54, 1.807) is 0 Å². The fourth-order valence-electron chi connectivity index (χ4n) is 2.03. The molecule has 94 valence electrons. The van der Waals surface area contributed by atoms with E-state index in [9.17, 15) is 4.79 Å². The van der Waals surface area contributed by atoms with E-state index in [1.165, 1.54) is 0 Å². The number of nitrogens with two attached hydrogens (primary N) is 1. The number of carbonyl (C=O) groups is 1. The summed E-state index contributed by atoms with van der Waals surface area (Å²) >= 11 is 0. The Labute approximate surface area is 97.9 Å². The van der Waals surface area contributed by atoms with Crippen LogP contribution >= 0.6 is 0 Å². The Kier molecular flexibility index (Phi) is 5.77. The molecular formula is C12H24N2O2. The summed E-state index contributed by atoms with van der Waals surface area (Å²) in [6.07, 6.45) is 3.55. The lowest BCUT2D eigenvalue weighted by atomic mass is 10.0. The minimum atomic E-state index is 0.0963. The Morgan fingerprint density at radius 3 is 2.81 bits per heavy atom. The van der Waals surface area contributed by atoms with Gasteiger partial charge in [0.1, 0.15) is 0 Å². The molecule has 2 atom stereocenters. The molecular weight excluding hydrogens is 204 g/mol. The fraction of sp³-hybridized carbons (Fsp3) is 0.917. The van der Waals surface area contributed by atoms with Gasteiger partial charge in [-0.25, -0.2) is 0 Å². The zero-order chi connectivity index (χ0) is 12.0. The molecule has 2 unspecified atom stereocenters. The van der Waals surface area contributed by atoms with E-state index in [4.69, 9.17) is 10.5 Å². The van der Waals surface area contributed by atoms with E-state index in [2.05, 4.69) is 19.2 Å². The second kappa shape index (κ2) is 6.86. The van der Waals surface area contributed by atoms with Crippen LogP contribution in [-0.2, 0) is 9.53 Å². The molecule has 0 aliphatic carbocycles. The molecule has 4 nitrogen and oxygen atoms in total. The van der Waals surface area contributed by atoms with Crippen LogP contribution in [0.3, 0.4) is 0 Å². The first-order valence-electron chi connectivity index (χ1n) is 6.24. The summed E-state index contributed by atoms with van der Waals surface area (Å²) in [5, 5.41) is 3.05. The van der Waals surface area contributed by atoms with Crippen LogP contribution in [0, 0.1) is 5.92 Å². The van der Waals surface area contributed by atoms with Gasteiger partial charge in [-0.1, -0.05) is 13.8 Å². The Hall–Kier alpha value is -0.610. The molecule has 0 aromatic rings. The van der Waals surface area contributed by atoms with Crippen LogP contribution in [0.15, 0.2) is 0 Å².